The minimum absolute atomic E-state index is 0.0971. The van der Waals surface area contributed by atoms with E-state index in [-0.39, 0.29) is 11.9 Å². The smallest absolute Gasteiger partial charge is 0.220 e. The SMILES string of the molecule is CCC(=O)NC1CCCOc2ccc(C)cc21. The molecule has 1 aromatic rings. The summed E-state index contributed by atoms with van der Waals surface area (Å²) in [5.74, 6) is 1.01. The standard InChI is InChI=1S/C14H19NO2/c1-3-14(16)15-12-5-4-8-17-13-7-6-10(2)9-11(12)13/h6-7,9,12H,3-5,8H2,1-2H3,(H,15,16). The second kappa shape index (κ2) is 5.21. The fourth-order valence-corrected chi connectivity index (χ4v) is 2.14. The minimum Gasteiger partial charge on any atom is -0.493 e. The van der Waals surface area contributed by atoms with Gasteiger partial charge < -0.3 is 10.1 Å². The Kier molecular flexibility index (Phi) is 3.67. The first-order valence-electron chi connectivity index (χ1n) is 6.23. The number of amides is 1. The van der Waals surface area contributed by atoms with Gasteiger partial charge in [-0.25, -0.2) is 0 Å². The van der Waals surface area contributed by atoms with Gasteiger partial charge in [0.1, 0.15) is 5.75 Å². The average Bonchev–Trinajstić information content (AvgIpc) is 2.52. The second-order valence-electron chi connectivity index (χ2n) is 4.51. The number of hydrogen-bond donors (Lipinski definition) is 1. The van der Waals surface area contributed by atoms with Gasteiger partial charge in [-0.3, -0.25) is 4.79 Å². The van der Waals surface area contributed by atoms with Gasteiger partial charge in [-0.1, -0.05) is 24.6 Å². The molecular formula is C14H19NO2. The lowest BCUT2D eigenvalue weighted by Crippen LogP contribution is -2.27. The number of rotatable bonds is 2. The Morgan fingerprint density at radius 2 is 2.35 bits per heavy atom. The van der Waals surface area contributed by atoms with Gasteiger partial charge >= 0.3 is 0 Å². The van der Waals surface area contributed by atoms with Gasteiger partial charge in [0.25, 0.3) is 0 Å². The Morgan fingerprint density at radius 3 is 3.12 bits per heavy atom. The van der Waals surface area contributed by atoms with Gasteiger partial charge in [-0.15, -0.1) is 0 Å². The van der Waals surface area contributed by atoms with Gasteiger partial charge in [0.2, 0.25) is 5.91 Å². The van der Waals surface area contributed by atoms with E-state index in [1.54, 1.807) is 0 Å². The third kappa shape index (κ3) is 2.78. The van der Waals surface area contributed by atoms with Crippen molar-refractivity contribution in [2.24, 2.45) is 0 Å². The largest absolute Gasteiger partial charge is 0.493 e. The van der Waals surface area contributed by atoms with E-state index < -0.39 is 0 Å². The molecule has 1 aliphatic rings. The molecule has 1 unspecified atom stereocenters. The maximum Gasteiger partial charge on any atom is 0.220 e. The molecule has 0 saturated carbocycles. The van der Waals surface area contributed by atoms with E-state index in [0.29, 0.717) is 6.42 Å². The van der Waals surface area contributed by atoms with Crippen LogP contribution in [0.15, 0.2) is 18.2 Å². The monoisotopic (exact) mass is 233 g/mol. The number of carbonyl (C=O) groups excluding carboxylic acids is 1. The highest BCUT2D eigenvalue weighted by molar-refractivity contribution is 5.76. The van der Waals surface area contributed by atoms with Crippen molar-refractivity contribution in [1.82, 2.24) is 5.32 Å². The molecule has 0 radical (unpaired) electrons. The van der Waals surface area contributed by atoms with Crippen molar-refractivity contribution in [3.05, 3.63) is 29.3 Å². The van der Waals surface area contributed by atoms with Crippen molar-refractivity contribution in [2.75, 3.05) is 6.61 Å². The molecule has 1 heterocycles. The van der Waals surface area contributed by atoms with Crippen LogP contribution >= 0.6 is 0 Å². The summed E-state index contributed by atoms with van der Waals surface area (Å²) in [6, 6.07) is 6.26. The number of carbonyl (C=O) groups is 1. The summed E-state index contributed by atoms with van der Waals surface area (Å²) in [7, 11) is 0. The van der Waals surface area contributed by atoms with Crippen LogP contribution in [0.25, 0.3) is 0 Å². The summed E-state index contributed by atoms with van der Waals surface area (Å²) in [6.07, 6.45) is 2.45. The van der Waals surface area contributed by atoms with Gasteiger partial charge in [-0.2, -0.15) is 0 Å². The van der Waals surface area contributed by atoms with Crippen LogP contribution < -0.4 is 10.1 Å². The number of aryl methyl sites for hydroxylation is 1. The van der Waals surface area contributed by atoms with Crippen molar-refractivity contribution >= 4 is 5.91 Å². The summed E-state index contributed by atoms with van der Waals surface area (Å²) in [6.45, 7) is 4.66. The third-order valence-corrected chi connectivity index (χ3v) is 3.09. The molecule has 0 saturated heterocycles. The summed E-state index contributed by atoms with van der Waals surface area (Å²) >= 11 is 0. The summed E-state index contributed by atoms with van der Waals surface area (Å²) < 4.78 is 5.70. The van der Waals surface area contributed by atoms with E-state index in [2.05, 4.69) is 18.3 Å². The maximum absolute atomic E-state index is 11.5. The fourth-order valence-electron chi connectivity index (χ4n) is 2.14. The highest BCUT2D eigenvalue weighted by Gasteiger charge is 2.20. The molecule has 0 aromatic heterocycles. The molecule has 17 heavy (non-hydrogen) atoms. The minimum atomic E-state index is 0.0971. The van der Waals surface area contributed by atoms with E-state index in [0.717, 1.165) is 30.8 Å². The van der Waals surface area contributed by atoms with E-state index in [9.17, 15) is 4.79 Å². The number of ether oxygens (including phenoxy) is 1. The fraction of sp³-hybridized carbons (Fsp3) is 0.500. The normalized spacial score (nSPS) is 18.8. The van der Waals surface area contributed by atoms with Gasteiger partial charge in [-0.05, 0) is 25.8 Å². The van der Waals surface area contributed by atoms with E-state index in [1.807, 2.05) is 19.1 Å². The molecule has 92 valence electrons. The van der Waals surface area contributed by atoms with Crippen molar-refractivity contribution in [3.63, 3.8) is 0 Å². The Balaban J connectivity index is 2.28. The molecule has 1 aromatic carbocycles. The van der Waals surface area contributed by atoms with Gasteiger partial charge in [0, 0.05) is 12.0 Å². The molecule has 0 bridgehead atoms. The number of hydrogen-bond acceptors (Lipinski definition) is 2. The van der Waals surface area contributed by atoms with Crippen LogP contribution in [0, 0.1) is 6.92 Å². The highest BCUT2D eigenvalue weighted by Crippen LogP contribution is 2.32. The zero-order chi connectivity index (χ0) is 12.3. The predicted octanol–water partition coefficient (Wildman–Crippen LogP) is 2.73. The van der Waals surface area contributed by atoms with Crippen molar-refractivity contribution in [2.45, 2.75) is 39.2 Å². The van der Waals surface area contributed by atoms with Crippen molar-refractivity contribution in [1.29, 1.82) is 0 Å². The Labute approximate surface area is 102 Å². The lowest BCUT2D eigenvalue weighted by molar-refractivity contribution is -0.121. The average molecular weight is 233 g/mol. The third-order valence-electron chi connectivity index (χ3n) is 3.09. The quantitative estimate of drug-likeness (QED) is 0.853. The molecule has 0 aliphatic carbocycles. The number of nitrogens with one attached hydrogen (secondary N) is 1. The molecule has 0 fully saturated rings. The molecule has 1 aliphatic heterocycles. The van der Waals surface area contributed by atoms with Crippen LogP contribution in [0.4, 0.5) is 0 Å². The molecular weight excluding hydrogens is 214 g/mol. The first kappa shape index (κ1) is 12.0. The second-order valence-corrected chi connectivity index (χ2v) is 4.51. The summed E-state index contributed by atoms with van der Waals surface area (Å²) in [4.78, 5) is 11.5. The Morgan fingerprint density at radius 1 is 1.53 bits per heavy atom. The van der Waals surface area contributed by atoms with Crippen LogP contribution in [0.3, 0.4) is 0 Å². The predicted molar refractivity (Wildman–Crippen MR) is 67.1 cm³/mol. The molecule has 1 atom stereocenters. The van der Waals surface area contributed by atoms with Gasteiger partial charge in [0.15, 0.2) is 0 Å². The zero-order valence-corrected chi connectivity index (χ0v) is 10.5. The van der Waals surface area contributed by atoms with Crippen LogP contribution in [-0.2, 0) is 4.79 Å². The van der Waals surface area contributed by atoms with Crippen LogP contribution in [-0.4, -0.2) is 12.5 Å². The van der Waals surface area contributed by atoms with E-state index in [1.165, 1.54) is 5.56 Å². The maximum atomic E-state index is 11.5. The lowest BCUT2D eigenvalue weighted by atomic mass is 10.00. The van der Waals surface area contributed by atoms with E-state index >= 15 is 0 Å². The molecule has 2 rings (SSSR count). The van der Waals surface area contributed by atoms with Crippen molar-refractivity contribution in [3.8, 4) is 5.75 Å². The first-order valence-corrected chi connectivity index (χ1v) is 6.23. The summed E-state index contributed by atoms with van der Waals surface area (Å²) in [5.41, 5.74) is 2.31. The molecule has 3 heteroatoms. The Bertz CT molecular complexity index is 415. The zero-order valence-electron chi connectivity index (χ0n) is 10.5. The molecule has 0 spiro atoms. The number of benzene rings is 1. The summed E-state index contributed by atoms with van der Waals surface area (Å²) in [5, 5.41) is 3.07. The Hall–Kier alpha value is -1.51. The van der Waals surface area contributed by atoms with E-state index in [4.69, 9.17) is 4.74 Å². The lowest BCUT2D eigenvalue weighted by Gasteiger charge is -2.18. The first-order chi connectivity index (χ1) is 8.20. The van der Waals surface area contributed by atoms with Crippen molar-refractivity contribution < 1.29 is 9.53 Å². The highest BCUT2D eigenvalue weighted by atomic mass is 16.5. The molecule has 1 amide bonds. The number of fused-ring (bicyclic) bond motifs is 1. The van der Waals surface area contributed by atoms with Gasteiger partial charge in [0.05, 0.1) is 12.6 Å². The van der Waals surface area contributed by atoms with Crippen LogP contribution in [0.1, 0.15) is 43.4 Å². The topological polar surface area (TPSA) is 38.3 Å². The molecule has 3 nitrogen and oxygen atoms in total. The van der Waals surface area contributed by atoms with Crippen LogP contribution in [0.5, 0.6) is 5.75 Å². The van der Waals surface area contributed by atoms with Crippen LogP contribution in [0.2, 0.25) is 0 Å². The molecule has 1 N–H and O–H groups in total.